The number of hydrogen-bond donors (Lipinski definition) is 1. The molecule has 120 valence electrons. The van der Waals surface area contributed by atoms with Crippen molar-refractivity contribution in [1.82, 2.24) is 0 Å². The minimum absolute atomic E-state index is 0.189. The van der Waals surface area contributed by atoms with Crippen molar-refractivity contribution in [1.29, 1.82) is 0 Å². The summed E-state index contributed by atoms with van der Waals surface area (Å²) in [6.45, 7) is 11.7. The summed E-state index contributed by atoms with van der Waals surface area (Å²) in [5, 5.41) is 8.83. The van der Waals surface area contributed by atoms with E-state index in [1.165, 1.54) is 50.5 Å². The molecule has 1 heteroatoms. The van der Waals surface area contributed by atoms with Crippen molar-refractivity contribution in [3.8, 4) is 0 Å². The number of aliphatic hydroxyl groups is 1. The first-order chi connectivity index (χ1) is 9.45. The zero-order chi connectivity index (χ0) is 15.4. The second kappa shape index (κ2) is 12.4. The van der Waals surface area contributed by atoms with Crippen LogP contribution in [0.5, 0.6) is 0 Å². The van der Waals surface area contributed by atoms with E-state index in [4.69, 9.17) is 5.11 Å². The number of hydrogen-bond acceptors (Lipinski definition) is 1. The molecule has 0 aliphatic heterocycles. The molecule has 0 amide bonds. The van der Waals surface area contributed by atoms with Gasteiger partial charge >= 0.3 is 0 Å². The molecular formula is C19H38O. The molecule has 0 unspecified atom stereocenters. The van der Waals surface area contributed by atoms with Gasteiger partial charge in [0.2, 0.25) is 0 Å². The first-order valence-corrected chi connectivity index (χ1v) is 8.72. The summed E-state index contributed by atoms with van der Waals surface area (Å²) >= 11 is 0. The van der Waals surface area contributed by atoms with Crippen LogP contribution in [0.4, 0.5) is 0 Å². The molecule has 1 nitrogen and oxygen atoms in total. The van der Waals surface area contributed by atoms with Gasteiger partial charge in [0.15, 0.2) is 0 Å². The Balaban J connectivity index is 3.55. The van der Waals surface area contributed by atoms with Gasteiger partial charge < -0.3 is 5.11 Å². The molecule has 0 aromatic carbocycles. The van der Waals surface area contributed by atoms with Gasteiger partial charge in [0, 0.05) is 0 Å². The maximum Gasteiger partial charge on any atom is 0.0614 e. The van der Waals surface area contributed by atoms with Crippen LogP contribution < -0.4 is 0 Å². The minimum Gasteiger partial charge on any atom is -0.392 e. The van der Waals surface area contributed by atoms with Gasteiger partial charge in [-0.15, -0.1) is 0 Å². The van der Waals surface area contributed by atoms with Crippen molar-refractivity contribution < 1.29 is 5.11 Å². The van der Waals surface area contributed by atoms with Crippen LogP contribution in [0, 0.1) is 17.8 Å². The van der Waals surface area contributed by atoms with E-state index in [1.807, 2.05) is 6.08 Å². The number of rotatable bonds is 12. The summed E-state index contributed by atoms with van der Waals surface area (Å²) in [7, 11) is 0. The Labute approximate surface area is 127 Å². The van der Waals surface area contributed by atoms with E-state index in [-0.39, 0.29) is 6.61 Å². The van der Waals surface area contributed by atoms with Crippen LogP contribution in [0.2, 0.25) is 0 Å². The molecule has 0 fully saturated rings. The summed E-state index contributed by atoms with van der Waals surface area (Å²) in [4.78, 5) is 0. The molecule has 0 aliphatic rings. The maximum atomic E-state index is 8.83. The lowest BCUT2D eigenvalue weighted by Gasteiger charge is -2.15. The molecule has 0 aliphatic carbocycles. The van der Waals surface area contributed by atoms with E-state index < -0.39 is 0 Å². The lowest BCUT2D eigenvalue weighted by molar-refractivity contribution is 0.341. The molecule has 0 bridgehead atoms. The van der Waals surface area contributed by atoms with Crippen LogP contribution in [-0.2, 0) is 0 Å². The van der Waals surface area contributed by atoms with Gasteiger partial charge in [0.1, 0.15) is 0 Å². The van der Waals surface area contributed by atoms with E-state index in [1.54, 1.807) is 0 Å². The predicted molar refractivity (Wildman–Crippen MR) is 90.9 cm³/mol. The predicted octanol–water partition coefficient (Wildman–Crippen LogP) is 5.97. The second-order valence-electron chi connectivity index (χ2n) is 7.24. The average molecular weight is 283 g/mol. The highest BCUT2D eigenvalue weighted by atomic mass is 16.2. The summed E-state index contributed by atoms with van der Waals surface area (Å²) in [6, 6.07) is 0. The topological polar surface area (TPSA) is 20.2 Å². The third-order valence-corrected chi connectivity index (χ3v) is 4.34. The Bertz CT molecular complexity index is 242. The quantitative estimate of drug-likeness (QED) is 0.437. The SMILES string of the molecule is CC(=CCO)CC[C@H](C)CCC[C@H](C)CCCC(C)C. The molecule has 0 saturated carbocycles. The standard InChI is InChI=1S/C19H38O/c1-16(2)8-6-9-17(3)10-7-11-18(4)12-13-19(5)14-15-20/h14,16-18,20H,6-13,15H2,1-5H3/t17-,18-/m1/s1. The average Bonchev–Trinajstić information content (AvgIpc) is 2.36. The van der Waals surface area contributed by atoms with Gasteiger partial charge in [-0.3, -0.25) is 0 Å². The molecule has 0 aromatic heterocycles. The summed E-state index contributed by atoms with van der Waals surface area (Å²) in [5.41, 5.74) is 1.33. The van der Waals surface area contributed by atoms with E-state index in [0.29, 0.717) is 0 Å². The fourth-order valence-electron chi connectivity index (χ4n) is 2.71. The monoisotopic (exact) mass is 282 g/mol. The van der Waals surface area contributed by atoms with Crippen molar-refractivity contribution in [3.63, 3.8) is 0 Å². The number of allylic oxidation sites excluding steroid dienone is 1. The zero-order valence-corrected chi connectivity index (χ0v) is 14.6. The zero-order valence-electron chi connectivity index (χ0n) is 14.6. The Morgan fingerprint density at radius 1 is 0.850 bits per heavy atom. The summed E-state index contributed by atoms with van der Waals surface area (Å²) in [6.07, 6.45) is 12.7. The van der Waals surface area contributed by atoms with Crippen molar-refractivity contribution >= 4 is 0 Å². The molecule has 0 radical (unpaired) electrons. The van der Waals surface area contributed by atoms with E-state index in [0.717, 1.165) is 24.2 Å². The molecular weight excluding hydrogens is 244 g/mol. The third kappa shape index (κ3) is 12.7. The van der Waals surface area contributed by atoms with Gasteiger partial charge in [-0.05, 0) is 37.5 Å². The fraction of sp³-hybridized carbons (Fsp3) is 0.895. The van der Waals surface area contributed by atoms with Gasteiger partial charge in [-0.2, -0.15) is 0 Å². The van der Waals surface area contributed by atoms with E-state index in [9.17, 15) is 0 Å². The smallest absolute Gasteiger partial charge is 0.0614 e. The first kappa shape index (κ1) is 19.7. The lowest BCUT2D eigenvalue weighted by Crippen LogP contribution is -2.00. The Morgan fingerprint density at radius 2 is 1.35 bits per heavy atom. The van der Waals surface area contributed by atoms with Crippen LogP contribution in [0.3, 0.4) is 0 Å². The van der Waals surface area contributed by atoms with E-state index >= 15 is 0 Å². The van der Waals surface area contributed by atoms with Gasteiger partial charge in [-0.25, -0.2) is 0 Å². The van der Waals surface area contributed by atoms with E-state index in [2.05, 4.69) is 34.6 Å². The van der Waals surface area contributed by atoms with Crippen molar-refractivity contribution in [2.24, 2.45) is 17.8 Å². The van der Waals surface area contributed by atoms with Gasteiger partial charge in [-0.1, -0.05) is 77.9 Å². The van der Waals surface area contributed by atoms with Gasteiger partial charge in [0.25, 0.3) is 0 Å². The number of aliphatic hydroxyl groups excluding tert-OH is 1. The lowest BCUT2D eigenvalue weighted by atomic mass is 9.91. The Kier molecular flexibility index (Phi) is 12.3. The first-order valence-electron chi connectivity index (χ1n) is 8.72. The molecule has 0 saturated heterocycles. The largest absolute Gasteiger partial charge is 0.392 e. The van der Waals surface area contributed by atoms with Crippen molar-refractivity contribution in [3.05, 3.63) is 11.6 Å². The maximum absolute atomic E-state index is 8.83. The second-order valence-corrected chi connectivity index (χ2v) is 7.24. The Morgan fingerprint density at radius 3 is 1.85 bits per heavy atom. The summed E-state index contributed by atoms with van der Waals surface area (Å²) < 4.78 is 0. The van der Waals surface area contributed by atoms with Crippen LogP contribution in [0.25, 0.3) is 0 Å². The minimum atomic E-state index is 0.189. The molecule has 2 atom stereocenters. The molecule has 1 N–H and O–H groups in total. The van der Waals surface area contributed by atoms with Crippen LogP contribution in [0.15, 0.2) is 11.6 Å². The van der Waals surface area contributed by atoms with Crippen LogP contribution in [0.1, 0.15) is 86.0 Å². The summed E-state index contributed by atoms with van der Waals surface area (Å²) in [5.74, 6) is 2.58. The Hall–Kier alpha value is -0.300. The fourth-order valence-corrected chi connectivity index (χ4v) is 2.71. The van der Waals surface area contributed by atoms with Crippen molar-refractivity contribution in [2.45, 2.75) is 86.0 Å². The molecule has 20 heavy (non-hydrogen) atoms. The molecule has 0 rings (SSSR count). The third-order valence-electron chi connectivity index (χ3n) is 4.34. The normalized spacial score (nSPS) is 15.7. The highest BCUT2D eigenvalue weighted by Gasteiger charge is 2.06. The molecule has 0 aromatic rings. The highest BCUT2D eigenvalue weighted by molar-refractivity contribution is 4.97. The van der Waals surface area contributed by atoms with Crippen molar-refractivity contribution in [2.75, 3.05) is 6.61 Å². The highest BCUT2D eigenvalue weighted by Crippen LogP contribution is 2.21. The van der Waals surface area contributed by atoms with Gasteiger partial charge in [0.05, 0.1) is 6.61 Å². The van der Waals surface area contributed by atoms with Crippen LogP contribution in [-0.4, -0.2) is 11.7 Å². The molecule has 0 spiro atoms. The van der Waals surface area contributed by atoms with Crippen LogP contribution >= 0.6 is 0 Å². The molecule has 0 heterocycles.